The predicted molar refractivity (Wildman–Crippen MR) is 50.2 cm³/mol. The molecule has 3 nitrogen and oxygen atoms in total. The van der Waals surface area contributed by atoms with Crippen molar-refractivity contribution in [1.82, 2.24) is 0 Å². The molecule has 1 N–H and O–H groups in total. The third-order valence-corrected chi connectivity index (χ3v) is 1.74. The van der Waals surface area contributed by atoms with Gasteiger partial charge in [-0.05, 0) is 18.6 Å². The summed E-state index contributed by atoms with van der Waals surface area (Å²) in [5.74, 6) is 0.926. The van der Waals surface area contributed by atoms with Crippen molar-refractivity contribution in [3.8, 4) is 11.5 Å². The van der Waals surface area contributed by atoms with E-state index in [0.29, 0.717) is 19.0 Å². The highest BCUT2D eigenvalue weighted by atomic mass is 16.5. The molecule has 13 heavy (non-hydrogen) atoms. The van der Waals surface area contributed by atoms with Crippen LogP contribution in [-0.2, 0) is 4.74 Å². The molecule has 0 aromatic heterocycles. The Labute approximate surface area is 77.9 Å². The second kappa shape index (κ2) is 4.72. The van der Waals surface area contributed by atoms with Crippen LogP contribution in [0.1, 0.15) is 5.56 Å². The second-order valence-corrected chi connectivity index (χ2v) is 2.79. The van der Waals surface area contributed by atoms with Crippen LogP contribution >= 0.6 is 0 Å². The molecule has 0 aliphatic rings. The molecular weight excluding hydrogens is 168 g/mol. The van der Waals surface area contributed by atoms with Crippen molar-refractivity contribution in [2.75, 3.05) is 20.3 Å². The summed E-state index contributed by atoms with van der Waals surface area (Å²) < 4.78 is 10.1. The van der Waals surface area contributed by atoms with Crippen molar-refractivity contribution in [2.45, 2.75) is 6.92 Å². The molecule has 3 heteroatoms. The summed E-state index contributed by atoms with van der Waals surface area (Å²) in [5.41, 5.74) is 0.846. The van der Waals surface area contributed by atoms with Gasteiger partial charge in [0.2, 0.25) is 0 Å². The Bertz CT molecular complexity index is 271. The zero-order valence-electron chi connectivity index (χ0n) is 7.91. The fraction of sp³-hybridized carbons (Fsp3) is 0.400. The molecule has 0 heterocycles. The monoisotopic (exact) mass is 182 g/mol. The first-order valence-corrected chi connectivity index (χ1v) is 4.15. The van der Waals surface area contributed by atoms with Gasteiger partial charge in [0.1, 0.15) is 18.1 Å². The summed E-state index contributed by atoms with van der Waals surface area (Å²) in [7, 11) is 1.62. The molecule has 0 saturated carbocycles. The van der Waals surface area contributed by atoms with Gasteiger partial charge >= 0.3 is 0 Å². The lowest BCUT2D eigenvalue weighted by molar-refractivity contribution is 0.146. The Morgan fingerprint density at radius 1 is 1.31 bits per heavy atom. The number of hydrogen-bond donors (Lipinski definition) is 1. The molecule has 0 saturated heterocycles. The molecule has 0 unspecified atom stereocenters. The van der Waals surface area contributed by atoms with E-state index in [9.17, 15) is 5.11 Å². The highest BCUT2D eigenvalue weighted by Gasteiger charge is 1.98. The van der Waals surface area contributed by atoms with Gasteiger partial charge in [-0.2, -0.15) is 0 Å². The molecule has 0 spiro atoms. The van der Waals surface area contributed by atoms with E-state index >= 15 is 0 Å². The van der Waals surface area contributed by atoms with Crippen LogP contribution in [0.15, 0.2) is 18.2 Å². The number of methoxy groups -OCH3 is 1. The van der Waals surface area contributed by atoms with Crippen molar-refractivity contribution < 1.29 is 14.6 Å². The lowest BCUT2D eigenvalue weighted by atomic mass is 10.2. The van der Waals surface area contributed by atoms with E-state index in [1.165, 1.54) is 0 Å². The molecule has 0 fully saturated rings. The summed E-state index contributed by atoms with van der Waals surface area (Å²) in [5, 5.41) is 9.35. The zero-order valence-corrected chi connectivity index (χ0v) is 7.91. The van der Waals surface area contributed by atoms with E-state index in [1.54, 1.807) is 13.2 Å². The Balaban J connectivity index is 2.53. The minimum Gasteiger partial charge on any atom is -0.508 e. The number of phenolic OH excluding ortho intramolecular Hbond substituents is 1. The van der Waals surface area contributed by atoms with Crippen LogP contribution in [0.4, 0.5) is 0 Å². The van der Waals surface area contributed by atoms with Crippen LogP contribution in [0.25, 0.3) is 0 Å². The van der Waals surface area contributed by atoms with Crippen molar-refractivity contribution >= 4 is 0 Å². The molecule has 1 aromatic carbocycles. The molecule has 0 atom stereocenters. The summed E-state index contributed by atoms with van der Waals surface area (Å²) >= 11 is 0. The first-order valence-electron chi connectivity index (χ1n) is 4.15. The number of phenols is 1. The van der Waals surface area contributed by atoms with E-state index < -0.39 is 0 Å². The quantitative estimate of drug-likeness (QED) is 0.720. The van der Waals surface area contributed by atoms with Crippen molar-refractivity contribution in [3.05, 3.63) is 23.8 Å². The topological polar surface area (TPSA) is 38.7 Å². The Kier molecular flexibility index (Phi) is 3.58. The molecular formula is C10H14O3. The van der Waals surface area contributed by atoms with Gasteiger partial charge in [-0.1, -0.05) is 6.07 Å². The first-order chi connectivity index (χ1) is 6.24. The van der Waals surface area contributed by atoms with Gasteiger partial charge < -0.3 is 14.6 Å². The summed E-state index contributed by atoms with van der Waals surface area (Å²) in [6.45, 7) is 2.89. The fourth-order valence-corrected chi connectivity index (χ4v) is 0.922. The van der Waals surface area contributed by atoms with Crippen molar-refractivity contribution in [2.24, 2.45) is 0 Å². The van der Waals surface area contributed by atoms with Crippen molar-refractivity contribution in [1.29, 1.82) is 0 Å². The Morgan fingerprint density at radius 2 is 2.08 bits per heavy atom. The third-order valence-electron chi connectivity index (χ3n) is 1.74. The van der Waals surface area contributed by atoms with E-state index in [1.807, 2.05) is 19.1 Å². The predicted octanol–water partition coefficient (Wildman–Crippen LogP) is 1.73. The lowest BCUT2D eigenvalue weighted by Crippen LogP contribution is -2.03. The number of benzene rings is 1. The number of aromatic hydroxyl groups is 1. The second-order valence-electron chi connectivity index (χ2n) is 2.79. The van der Waals surface area contributed by atoms with Gasteiger partial charge in [0.25, 0.3) is 0 Å². The molecule has 72 valence electrons. The molecule has 0 radical (unpaired) electrons. The molecule has 1 aromatic rings. The molecule has 0 aliphatic carbocycles. The standard InChI is InChI=1S/C10H14O3/c1-8-3-4-9(7-10(8)11)13-6-5-12-2/h3-4,7,11H,5-6H2,1-2H3. The highest BCUT2D eigenvalue weighted by molar-refractivity contribution is 5.38. The number of ether oxygens (including phenoxy) is 2. The number of rotatable bonds is 4. The molecule has 0 amide bonds. The SMILES string of the molecule is COCCOc1ccc(C)c(O)c1. The Morgan fingerprint density at radius 3 is 2.69 bits per heavy atom. The van der Waals surface area contributed by atoms with Gasteiger partial charge in [-0.15, -0.1) is 0 Å². The van der Waals surface area contributed by atoms with Gasteiger partial charge in [0.15, 0.2) is 0 Å². The van der Waals surface area contributed by atoms with E-state index in [-0.39, 0.29) is 5.75 Å². The molecule has 0 bridgehead atoms. The van der Waals surface area contributed by atoms with Crippen LogP contribution in [-0.4, -0.2) is 25.4 Å². The van der Waals surface area contributed by atoms with Crippen LogP contribution < -0.4 is 4.74 Å². The van der Waals surface area contributed by atoms with Gasteiger partial charge in [0, 0.05) is 13.2 Å². The summed E-state index contributed by atoms with van der Waals surface area (Å²) in [4.78, 5) is 0. The maximum Gasteiger partial charge on any atom is 0.123 e. The number of hydrogen-bond acceptors (Lipinski definition) is 3. The average molecular weight is 182 g/mol. The lowest BCUT2D eigenvalue weighted by Gasteiger charge is -2.06. The van der Waals surface area contributed by atoms with E-state index in [0.717, 1.165) is 5.56 Å². The van der Waals surface area contributed by atoms with Crippen LogP contribution in [0.3, 0.4) is 0 Å². The molecule has 1 rings (SSSR count). The van der Waals surface area contributed by atoms with Crippen LogP contribution in [0.2, 0.25) is 0 Å². The summed E-state index contributed by atoms with van der Waals surface area (Å²) in [6.07, 6.45) is 0. The van der Waals surface area contributed by atoms with Crippen LogP contribution in [0, 0.1) is 6.92 Å². The number of aryl methyl sites for hydroxylation is 1. The van der Waals surface area contributed by atoms with Gasteiger partial charge in [-0.3, -0.25) is 0 Å². The minimum absolute atomic E-state index is 0.259. The highest BCUT2D eigenvalue weighted by Crippen LogP contribution is 2.22. The van der Waals surface area contributed by atoms with E-state index in [2.05, 4.69) is 0 Å². The molecule has 0 aliphatic heterocycles. The van der Waals surface area contributed by atoms with Crippen molar-refractivity contribution in [3.63, 3.8) is 0 Å². The largest absolute Gasteiger partial charge is 0.508 e. The maximum absolute atomic E-state index is 9.35. The normalized spacial score (nSPS) is 10.0. The fourth-order valence-electron chi connectivity index (χ4n) is 0.922. The Hall–Kier alpha value is -1.22. The van der Waals surface area contributed by atoms with Gasteiger partial charge in [0.05, 0.1) is 6.61 Å². The summed E-state index contributed by atoms with van der Waals surface area (Å²) in [6, 6.07) is 5.24. The zero-order chi connectivity index (χ0) is 9.68. The van der Waals surface area contributed by atoms with Gasteiger partial charge in [-0.25, -0.2) is 0 Å². The van der Waals surface area contributed by atoms with E-state index in [4.69, 9.17) is 9.47 Å². The first kappa shape index (κ1) is 9.86. The maximum atomic E-state index is 9.35. The smallest absolute Gasteiger partial charge is 0.123 e. The minimum atomic E-state index is 0.259. The third kappa shape index (κ3) is 2.95. The van der Waals surface area contributed by atoms with Crippen LogP contribution in [0.5, 0.6) is 11.5 Å². The average Bonchev–Trinajstić information content (AvgIpc) is 2.12.